The van der Waals surface area contributed by atoms with Gasteiger partial charge in [-0.05, 0) is 0 Å². The Morgan fingerprint density at radius 2 is 0.793 bits per heavy atom. The summed E-state index contributed by atoms with van der Waals surface area (Å²) in [6.45, 7) is -0.363. The molecule has 1 heteroatoms. The summed E-state index contributed by atoms with van der Waals surface area (Å²) in [5.41, 5.74) is 0. The summed E-state index contributed by atoms with van der Waals surface area (Å²) in [4.78, 5) is 14.0. The molecule has 10 saturated heterocycles. The van der Waals surface area contributed by atoms with E-state index in [1.807, 2.05) is 0 Å². The average molecular weight is 439 g/mol. The van der Waals surface area contributed by atoms with Crippen molar-refractivity contribution >= 4 is 0 Å². The van der Waals surface area contributed by atoms with Gasteiger partial charge in [0.25, 0.3) is 0 Å². The number of rotatable bonds is 17. The van der Waals surface area contributed by atoms with Crippen molar-refractivity contribution in [2.45, 2.75) is 164 Å². The van der Waals surface area contributed by atoms with Crippen molar-refractivity contribution in [1.82, 2.24) is 0 Å². The van der Waals surface area contributed by atoms with Crippen molar-refractivity contribution in [3.05, 3.63) is 0 Å². The van der Waals surface area contributed by atoms with Gasteiger partial charge >= 0.3 is 125 Å². The second kappa shape index (κ2) is 2.37. The zero-order chi connectivity index (χ0) is 19.0. The van der Waals surface area contributed by atoms with E-state index in [2.05, 4.69) is 6.92 Å². The molecule has 4 unspecified atom stereocenters. The van der Waals surface area contributed by atoms with Crippen molar-refractivity contribution in [3.63, 3.8) is 0 Å². The zero-order valence-electron chi connectivity index (χ0n) is 19.1. The molecule has 0 saturated carbocycles. The Bertz CT molecular complexity index is 1020. The summed E-state index contributed by atoms with van der Waals surface area (Å²) in [7, 11) is 0. The Labute approximate surface area is 170 Å². The van der Waals surface area contributed by atoms with Gasteiger partial charge in [0.2, 0.25) is 0 Å². The van der Waals surface area contributed by atoms with Crippen molar-refractivity contribution in [1.29, 1.82) is 0 Å². The normalized spacial score (nSPS) is 74.9. The van der Waals surface area contributed by atoms with Gasteiger partial charge in [0.1, 0.15) is 0 Å². The predicted molar refractivity (Wildman–Crippen MR) is 121 cm³/mol. The van der Waals surface area contributed by atoms with Crippen LogP contribution in [0.1, 0.15) is 116 Å². The first kappa shape index (κ1) is 16.2. The molecule has 0 aromatic carbocycles. The molecule has 0 nitrogen and oxygen atoms in total. The van der Waals surface area contributed by atoms with E-state index in [1.165, 1.54) is 74.9 Å². The summed E-state index contributed by atoms with van der Waals surface area (Å²) >= 11 is 0. The van der Waals surface area contributed by atoms with Crippen LogP contribution in [0.25, 0.3) is 0 Å². The zero-order valence-corrected chi connectivity index (χ0v) is 20.2. The van der Waals surface area contributed by atoms with Crippen LogP contribution >= 0.6 is 0 Å². The number of unbranched alkanes of at least 4 members (excludes halogenated alkanes) is 15. The summed E-state index contributed by atoms with van der Waals surface area (Å²) in [6, 6.07) is 0. The Morgan fingerprint density at radius 1 is 0.448 bits per heavy atom. The van der Waals surface area contributed by atoms with E-state index < -0.39 is 6.51 Å². The monoisotopic (exact) mass is 438 g/mol. The molecule has 10 aliphatic rings. The Hall–Kier alpha value is 0.519. The topological polar surface area (TPSA) is 0 Å². The van der Waals surface area contributed by atoms with Crippen LogP contribution < -0.4 is 0 Å². The molecule has 166 valence electrons. The third-order valence-electron chi connectivity index (χ3n) is 19.4. The molecule has 0 aromatic heterocycles. The van der Waals surface area contributed by atoms with E-state index >= 15 is 0 Å². The van der Waals surface area contributed by atoms with E-state index in [-0.39, 0.29) is 0 Å². The molecule has 10 fully saturated rings. The molecule has 0 bridgehead atoms. The predicted octanol–water partition coefficient (Wildman–Crippen LogP) is 10.4. The first-order valence-electron chi connectivity index (χ1n) is 14.3. The Morgan fingerprint density at radius 3 is 1.07 bits per heavy atom. The molecule has 0 aromatic rings. The van der Waals surface area contributed by atoms with Crippen LogP contribution in [0.15, 0.2) is 0 Å². The van der Waals surface area contributed by atoms with Crippen LogP contribution in [0, 0.1) is 0 Å². The second-order valence-electron chi connectivity index (χ2n) is 15.9. The van der Waals surface area contributed by atoms with E-state index in [9.17, 15) is 0 Å². The van der Waals surface area contributed by atoms with Crippen LogP contribution in [0.4, 0.5) is 0 Å². The minimum atomic E-state index is -2.68. The summed E-state index contributed by atoms with van der Waals surface area (Å²) in [5.74, 6) is 0. The second-order valence-corrected chi connectivity index (χ2v) is 39.6. The maximum atomic E-state index is 2.32. The molecule has 0 radical (unpaired) electrons. The number of fused-ring (bicyclic) bond motifs is 10. The Kier molecular flexibility index (Phi) is 1.32. The average Bonchev–Trinajstić information content (AvgIpc) is 3.67. The molecule has 10 rings (SSSR count). The van der Waals surface area contributed by atoms with Gasteiger partial charge in [-0.15, -0.1) is 0 Å². The standard InChI is InChI=1S/C23H41.C5H5.Fe/c1-2-3-4-5-6-7-8-9-10-11-12-13-14-15-16-17-20-23-21-18-19-22-23;1-2-4-5-3-1;/h18-19,21-22H,2-17,20H2,1H3;1-5H;. The van der Waals surface area contributed by atoms with Crippen LogP contribution in [0.5, 0.6) is 0 Å². The maximum absolute atomic E-state index is 2.68. The summed E-state index contributed by atoms with van der Waals surface area (Å²) in [5, 5.41) is 0. The molecule has 0 amide bonds. The van der Waals surface area contributed by atoms with E-state index in [0.717, 1.165) is 0 Å². The molecular formula is C28H46Fe. The van der Waals surface area contributed by atoms with Crippen molar-refractivity contribution in [3.8, 4) is 0 Å². The quantitative estimate of drug-likeness (QED) is 0.156. The molecular weight excluding hydrogens is 392 g/mol. The fourth-order valence-electron chi connectivity index (χ4n) is 20.3. The van der Waals surface area contributed by atoms with Gasteiger partial charge in [0, 0.05) is 0 Å². The van der Waals surface area contributed by atoms with Gasteiger partial charge < -0.3 is 0 Å². The van der Waals surface area contributed by atoms with Crippen LogP contribution in [-0.4, -0.2) is 0 Å². The molecule has 4 atom stereocenters. The van der Waals surface area contributed by atoms with Gasteiger partial charge in [0.05, 0.1) is 0 Å². The van der Waals surface area contributed by atoms with Gasteiger partial charge in [-0.2, -0.15) is 0 Å². The molecule has 10 heterocycles. The molecule has 0 aliphatic carbocycles. The van der Waals surface area contributed by atoms with Gasteiger partial charge in [-0.3, -0.25) is 0 Å². The van der Waals surface area contributed by atoms with Gasteiger partial charge in [0.15, 0.2) is 0 Å². The fraction of sp³-hybridized carbons (Fsp3) is 1.00. The van der Waals surface area contributed by atoms with Crippen molar-refractivity contribution in [2.24, 2.45) is 0 Å². The third kappa shape index (κ3) is 0.371. The van der Waals surface area contributed by atoms with Crippen LogP contribution in [0.2, 0.25) is 47.7 Å². The first-order valence-corrected chi connectivity index (χ1v) is 20.6. The molecule has 0 N–H and O–H groups in total. The third-order valence-corrected chi connectivity index (χ3v) is 62.4. The minimum absolute atomic E-state index is 1.23. The van der Waals surface area contributed by atoms with Gasteiger partial charge in [-0.25, -0.2) is 0 Å². The number of hydrogen-bond donors (Lipinski definition) is 0. The van der Waals surface area contributed by atoms with Crippen LogP contribution in [-0.2, 0) is 6.51 Å². The fourth-order valence-corrected chi connectivity index (χ4v) is 95.6. The summed E-state index contributed by atoms with van der Waals surface area (Å²) < 4.78 is 1.23. The van der Waals surface area contributed by atoms with Gasteiger partial charge in [-0.1, -0.05) is 45.4 Å². The molecule has 29 heavy (non-hydrogen) atoms. The van der Waals surface area contributed by atoms with Crippen molar-refractivity contribution in [2.75, 3.05) is 0 Å². The Balaban J connectivity index is 0.620. The van der Waals surface area contributed by atoms with E-state index in [1.54, 1.807) is 81.9 Å². The van der Waals surface area contributed by atoms with E-state index in [4.69, 9.17) is 0 Å². The first-order chi connectivity index (χ1) is 14.1. The van der Waals surface area contributed by atoms with Crippen molar-refractivity contribution < 1.29 is 6.51 Å². The summed E-state index contributed by atoms with van der Waals surface area (Å²) in [6.07, 6.45) is 26.2. The number of hydrogen-bond acceptors (Lipinski definition) is 0. The SMILES string of the molecule is CCCCCCCCCCCCCCCCCC[C]12[CH]3[CH]4[CH]5[CH]1[Fe]45321678[CH]2[CH]1[CH]6[CH]7[CH]28. The molecule has 1 spiro atoms. The van der Waals surface area contributed by atoms with E-state index in [0.29, 0.717) is 0 Å². The molecule has 10 aliphatic heterocycles. The van der Waals surface area contributed by atoms with Crippen LogP contribution in [0.3, 0.4) is 0 Å².